The van der Waals surface area contributed by atoms with Crippen LogP contribution in [0, 0.1) is 5.41 Å². The van der Waals surface area contributed by atoms with Crippen molar-refractivity contribution in [3.05, 3.63) is 12.2 Å². The molecule has 1 aliphatic rings. The normalized spacial score (nSPS) is 21.2. The van der Waals surface area contributed by atoms with Gasteiger partial charge in [0.25, 0.3) is 0 Å². The van der Waals surface area contributed by atoms with Gasteiger partial charge in [0.05, 0.1) is 19.1 Å². The third kappa shape index (κ3) is 1.91. The van der Waals surface area contributed by atoms with E-state index in [1.165, 1.54) is 7.11 Å². The molecule has 0 heterocycles. The topological polar surface area (TPSA) is 46.5 Å². The molecule has 74 valence electrons. The van der Waals surface area contributed by atoms with Gasteiger partial charge >= 0.3 is 5.97 Å². The van der Waals surface area contributed by atoms with Gasteiger partial charge in [-0.25, -0.2) is 0 Å². The van der Waals surface area contributed by atoms with Crippen molar-refractivity contribution in [2.75, 3.05) is 13.7 Å². The molecule has 1 N–H and O–H groups in total. The van der Waals surface area contributed by atoms with Crippen LogP contribution in [0.1, 0.15) is 25.7 Å². The van der Waals surface area contributed by atoms with Crippen molar-refractivity contribution in [3.63, 3.8) is 0 Å². The molecule has 0 bridgehead atoms. The molecule has 3 heteroatoms. The number of rotatable bonds is 2. The Morgan fingerprint density at radius 3 is 2.54 bits per heavy atom. The number of aliphatic hydroxyl groups excluding tert-OH is 1. The lowest BCUT2D eigenvalue weighted by Gasteiger charge is -2.33. The molecule has 1 saturated carbocycles. The van der Waals surface area contributed by atoms with Gasteiger partial charge in [0, 0.05) is 0 Å². The summed E-state index contributed by atoms with van der Waals surface area (Å²) >= 11 is 0. The Morgan fingerprint density at radius 2 is 2.15 bits per heavy atom. The van der Waals surface area contributed by atoms with Crippen LogP contribution in [-0.2, 0) is 9.53 Å². The third-order valence-electron chi connectivity index (χ3n) is 2.84. The summed E-state index contributed by atoms with van der Waals surface area (Å²) in [6.07, 6.45) is 2.95. The summed E-state index contributed by atoms with van der Waals surface area (Å²) in [7, 11) is 1.36. The number of allylic oxidation sites excluding steroid dienone is 1. The largest absolute Gasteiger partial charge is 0.469 e. The molecule has 0 aromatic heterocycles. The number of carbonyl (C=O) groups excluding carboxylic acids is 1. The van der Waals surface area contributed by atoms with Crippen LogP contribution in [0.25, 0.3) is 0 Å². The lowest BCUT2D eigenvalue weighted by Crippen LogP contribution is -2.38. The maximum absolute atomic E-state index is 11.4. The zero-order valence-corrected chi connectivity index (χ0v) is 8.01. The lowest BCUT2D eigenvalue weighted by atomic mass is 9.73. The number of hydrogen-bond donors (Lipinski definition) is 1. The molecular weight excluding hydrogens is 168 g/mol. The quantitative estimate of drug-likeness (QED) is 0.519. The Balaban J connectivity index is 2.71. The number of carbonyl (C=O) groups is 1. The van der Waals surface area contributed by atoms with Crippen molar-refractivity contribution in [1.29, 1.82) is 0 Å². The zero-order valence-electron chi connectivity index (χ0n) is 8.01. The second kappa shape index (κ2) is 3.92. The third-order valence-corrected chi connectivity index (χ3v) is 2.84. The van der Waals surface area contributed by atoms with Crippen LogP contribution in [0.4, 0.5) is 0 Å². The van der Waals surface area contributed by atoms with Crippen LogP contribution in [0.3, 0.4) is 0 Å². The van der Waals surface area contributed by atoms with E-state index in [-0.39, 0.29) is 12.6 Å². The van der Waals surface area contributed by atoms with Gasteiger partial charge in [0.15, 0.2) is 0 Å². The highest BCUT2D eigenvalue weighted by molar-refractivity contribution is 5.77. The van der Waals surface area contributed by atoms with Crippen LogP contribution in [0.5, 0.6) is 0 Å². The van der Waals surface area contributed by atoms with E-state index in [2.05, 4.69) is 6.58 Å². The number of hydrogen-bond acceptors (Lipinski definition) is 3. The van der Waals surface area contributed by atoms with Crippen LogP contribution in [0.15, 0.2) is 12.2 Å². The number of ether oxygens (including phenoxy) is 1. The van der Waals surface area contributed by atoms with Crippen molar-refractivity contribution in [2.24, 2.45) is 5.41 Å². The molecule has 0 unspecified atom stereocenters. The van der Waals surface area contributed by atoms with E-state index >= 15 is 0 Å². The Labute approximate surface area is 78.4 Å². The van der Waals surface area contributed by atoms with Gasteiger partial charge in [-0.2, -0.15) is 0 Å². The van der Waals surface area contributed by atoms with E-state index in [0.717, 1.165) is 18.4 Å². The molecule has 0 radical (unpaired) electrons. The van der Waals surface area contributed by atoms with Crippen molar-refractivity contribution < 1.29 is 14.6 Å². The Hall–Kier alpha value is -0.830. The second-order valence-electron chi connectivity index (χ2n) is 3.68. The minimum atomic E-state index is -0.657. The highest BCUT2D eigenvalue weighted by atomic mass is 16.5. The molecule has 0 atom stereocenters. The van der Waals surface area contributed by atoms with Gasteiger partial charge in [-0.3, -0.25) is 4.79 Å². The van der Waals surface area contributed by atoms with Crippen molar-refractivity contribution in [3.8, 4) is 0 Å². The molecule has 1 fully saturated rings. The smallest absolute Gasteiger partial charge is 0.314 e. The van der Waals surface area contributed by atoms with Crippen molar-refractivity contribution in [2.45, 2.75) is 25.7 Å². The SMILES string of the molecule is C=C1CCC(CO)(C(=O)OC)CC1. The molecular formula is C10H16O3. The summed E-state index contributed by atoms with van der Waals surface area (Å²) in [6, 6.07) is 0. The molecule has 0 aliphatic heterocycles. The minimum Gasteiger partial charge on any atom is -0.469 e. The van der Waals surface area contributed by atoms with Gasteiger partial charge < -0.3 is 9.84 Å². The summed E-state index contributed by atoms with van der Waals surface area (Å²) in [4.78, 5) is 11.4. The van der Waals surface area contributed by atoms with E-state index in [9.17, 15) is 9.90 Å². The molecule has 0 saturated heterocycles. The maximum atomic E-state index is 11.4. The van der Waals surface area contributed by atoms with Gasteiger partial charge in [-0.05, 0) is 25.7 Å². The molecule has 0 spiro atoms. The first kappa shape index (κ1) is 10.3. The van der Waals surface area contributed by atoms with Gasteiger partial charge in [-0.15, -0.1) is 0 Å². The summed E-state index contributed by atoms with van der Waals surface area (Å²) < 4.78 is 4.69. The standard InChI is InChI=1S/C10H16O3/c1-8-3-5-10(7-11,6-4-8)9(12)13-2/h11H,1,3-7H2,2H3. The maximum Gasteiger partial charge on any atom is 0.314 e. The first-order chi connectivity index (χ1) is 6.14. The van der Waals surface area contributed by atoms with E-state index in [1.807, 2.05) is 0 Å². The van der Waals surface area contributed by atoms with Crippen LogP contribution < -0.4 is 0 Å². The van der Waals surface area contributed by atoms with Gasteiger partial charge in [-0.1, -0.05) is 12.2 Å². The van der Waals surface area contributed by atoms with E-state index in [0.29, 0.717) is 12.8 Å². The van der Waals surface area contributed by atoms with Crippen LogP contribution in [0.2, 0.25) is 0 Å². The Bertz CT molecular complexity index is 210. The second-order valence-corrected chi connectivity index (χ2v) is 3.68. The Morgan fingerprint density at radius 1 is 1.62 bits per heavy atom. The highest BCUT2D eigenvalue weighted by Gasteiger charge is 2.40. The first-order valence-corrected chi connectivity index (χ1v) is 4.50. The molecule has 1 aliphatic carbocycles. The first-order valence-electron chi connectivity index (χ1n) is 4.50. The monoisotopic (exact) mass is 184 g/mol. The fourth-order valence-corrected chi connectivity index (χ4v) is 1.73. The molecule has 0 aromatic carbocycles. The van der Waals surface area contributed by atoms with Crippen LogP contribution in [-0.4, -0.2) is 24.8 Å². The molecule has 3 nitrogen and oxygen atoms in total. The summed E-state index contributed by atoms with van der Waals surface area (Å²) in [5, 5.41) is 9.20. The summed E-state index contributed by atoms with van der Waals surface area (Å²) in [5.41, 5.74) is 0.503. The zero-order chi connectivity index (χ0) is 9.90. The van der Waals surface area contributed by atoms with E-state index < -0.39 is 5.41 Å². The Kier molecular flexibility index (Phi) is 3.09. The number of esters is 1. The van der Waals surface area contributed by atoms with E-state index in [1.54, 1.807) is 0 Å². The van der Waals surface area contributed by atoms with E-state index in [4.69, 9.17) is 4.74 Å². The average molecular weight is 184 g/mol. The van der Waals surface area contributed by atoms with Gasteiger partial charge in [0.2, 0.25) is 0 Å². The van der Waals surface area contributed by atoms with Crippen molar-refractivity contribution in [1.82, 2.24) is 0 Å². The summed E-state index contributed by atoms with van der Waals surface area (Å²) in [6.45, 7) is 3.75. The molecule has 0 aromatic rings. The minimum absolute atomic E-state index is 0.118. The van der Waals surface area contributed by atoms with Crippen LogP contribution >= 0.6 is 0 Å². The molecule has 0 amide bonds. The van der Waals surface area contributed by atoms with Crippen molar-refractivity contribution >= 4 is 5.97 Å². The number of methoxy groups -OCH3 is 1. The predicted octanol–water partition coefficient (Wildman–Crippen LogP) is 1.27. The fraction of sp³-hybridized carbons (Fsp3) is 0.700. The number of aliphatic hydroxyl groups is 1. The lowest BCUT2D eigenvalue weighted by molar-refractivity contribution is -0.157. The highest BCUT2D eigenvalue weighted by Crippen LogP contribution is 2.38. The fourth-order valence-electron chi connectivity index (χ4n) is 1.73. The predicted molar refractivity (Wildman–Crippen MR) is 49.1 cm³/mol. The molecule has 13 heavy (non-hydrogen) atoms. The molecule has 1 rings (SSSR count). The summed E-state index contributed by atoms with van der Waals surface area (Å²) in [5.74, 6) is -0.289. The van der Waals surface area contributed by atoms with Gasteiger partial charge in [0.1, 0.15) is 0 Å². The average Bonchev–Trinajstić information content (AvgIpc) is 2.18.